The molecule has 0 fully saturated rings. The van der Waals surface area contributed by atoms with E-state index in [1.165, 1.54) is 0 Å². The van der Waals surface area contributed by atoms with Gasteiger partial charge in [0, 0.05) is 25.3 Å². The molecule has 0 radical (unpaired) electrons. The van der Waals surface area contributed by atoms with Crippen LogP contribution in [0.5, 0.6) is 5.75 Å². The van der Waals surface area contributed by atoms with Crippen molar-refractivity contribution >= 4 is 11.6 Å². The fourth-order valence-electron chi connectivity index (χ4n) is 2.49. The first-order chi connectivity index (χ1) is 8.67. The lowest BCUT2D eigenvalue weighted by Gasteiger charge is -2.31. The van der Waals surface area contributed by atoms with E-state index in [2.05, 4.69) is 0 Å². The molecular formula is C14H19NO3. The van der Waals surface area contributed by atoms with Crippen LogP contribution < -0.4 is 9.64 Å². The highest BCUT2D eigenvalue weighted by Gasteiger charge is 2.30. The quantitative estimate of drug-likeness (QED) is 0.881. The van der Waals surface area contributed by atoms with E-state index >= 15 is 0 Å². The molecule has 1 amide bonds. The van der Waals surface area contributed by atoms with Crippen molar-refractivity contribution in [2.75, 3.05) is 25.7 Å². The molecule has 4 nitrogen and oxygen atoms in total. The Labute approximate surface area is 107 Å². The van der Waals surface area contributed by atoms with Crippen molar-refractivity contribution in [3.8, 4) is 5.75 Å². The molecule has 2 rings (SSSR count). The predicted octanol–water partition coefficient (Wildman–Crippen LogP) is 1.60. The summed E-state index contributed by atoms with van der Waals surface area (Å²) in [6.07, 6.45) is 2.13. The summed E-state index contributed by atoms with van der Waals surface area (Å²) in [4.78, 5) is 13.9. The third kappa shape index (κ3) is 2.34. The summed E-state index contributed by atoms with van der Waals surface area (Å²) in [6, 6.07) is 5.79. The van der Waals surface area contributed by atoms with Crippen molar-refractivity contribution in [3.63, 3.8) is 0 Å². The number of amides is 1. The van der Waals surface area contributed by atoms with E-state index in [0.717, 1.165) is 29.8 Å². The molecule has 1 unspecified atom stereocenters. The van der Waals surface area contributed by atoms with Gasteiger partial charge in [-0.1, -0.05) is 0 Å². The number of ether oxygens (including phenoxy) is 1. The number of hydrogen-bond acceptors (Lipinski definition) is 3. The molecule has 0 spiro atoms. The van der Waals surface area contributed by atoms with Gasteiger partial charge in [0.15, 0.2) is 0 Å². The van der Waals surface area contributed by atoms with Crippen LogP contribution in [0.3, 0.4) is 0 Å². The second-order valence-corrected chi connectivity index (χ2v) is 4.66. The third-order valence-corrected chi connectivity index (χ3v) is 3.50. The Morgan fingerprint density at radius 1 is 1.50 bits per heavy atom. The van der Waals surface area contributed by atoms with Gasteiger partial charge in [0.25, 0.3) is 0 Å². The smallest absolute Gasteiger partial charge is 0.230 e. The molecular weight excluding hydrogens is 230 g/mol. The summed E-state index contributed by atoms with van der Waals surface area (Å²) >= 11 is 0. The second kappa shape index (κ2) is 5.40. The fraction of sp³-hybridized carbons (Fsp3) is 0.500. The molecule has 0 saturated heterocycles. The molecule has 1 N–H and O–H groups in total. The number of carbonyl (C=O) groups excluding carboxylic acids is 1. The van der Waals surface area contributed by atoms with E-state index in [4.69, 9.17) is 9.84 Å². The van der Waals surface area contributed by atoms with Gasteiger partial charge in [-0.05, 0) is 43.0 Å². The van der Waals surface area contributed by atoms with E-state index in [1.54, 1.807) is 19.1 Å². The molecule has 0 bridgehead atoms. The number of aliphatic hydroxyl groups excluding tert-OH is 1. The lowest BCUT2D eigenvalue weighted by atomic mass is 9.88. The Balaban J connectivity index is 2.26. The monoisotopic (exact) mass is 249 g/mol. The van der Waals surface area contributed by atoms with Crippen molar-refractivity contribution in [1.29, 1.82) is 0 Å². The van der Waals surface area contributed by atoms with Gasteiger partial charge in [-0.2, -0.15) is 0 Å². The van der Waals surface area contributed by atoms with E-state index in [1.807, 2.05) is 18.2 Å². The Kier molecular flexibility index (Phi) is 3.87. The molecule has 1 atom stereocenters. The van der Waals surface area contributed by atoms with E-state index in [0.29, 0.717) is 6.42 Å². The van der Waals surface area contributed by atoms with Crippen LogP contribution in [0.25, 0.3) is 0 Å². The van der Waals surface area contributed by atoms with Crippen molar-refractivity contribution in [1.82, 2.24) is 0 Å². The average molecular weight is 249 g/mol. The summed E-state index contributed by atoms with van der Waals surface area (Å²) in [6.45, 7) is 0.137. The van der Waals surface area contributed by atoms with Crippen LogP contribution in [-0.2, 0) is 11.2 Å². The predicted molar refractivity (Wildman–Crippen MR) is 69.9 cm³/mol. The highest BCUT2D eigenvalue weighted by molar-refractivity contribution is 5.97. The van der Waals surface area contributed by atoms with Crippen LogP contribution in [0.15, 0.2) is 18.2 Å². The molecule has 1 aromatic rings. The number of fused-ring (bicyclic) bond motifs is 1. The maximum atomic E-state index is 12.2. The number of carbonyl (C=O) groups is 1. The van der Waals surface area contributed by atoms with Crippen molar-refractivity contribution in [2.45, 2.75) is 19.3 Å². The Morgan fingerprint density at radius 2 is 2.28 bits per heavy atom. The van der Waals surface area contributed by atoms with Crippen LogP contribution in [0.2, 0.25) is 0 Å². The van der Waals surface area contributed by atoms with Crippen LogP contribution in [0, 0.1) is 5.92 Å². The van der Waals surface area contributed by atoms with E-state index in [9.17, 15) is 4.79 Å². The molecule has 98 valence electrons. The molecule has 0 saturated carbocycles. The minimum atomic E-state index is -0.0262. The number of aliphatic hydroxyl groups is 1. The summed E-state index contributed by atoms with van der Waals surface area (Å²) in [5, 5.41) is 8.88. The summed E-state index contributed by atoms with van der Waals surface area (Å²) in [7, 11) is 3.45. The lowest BCUT2D eigenvalue weighted by molar-refractivity contribution is -0.122. The highest BCUT2D eigenvalue weighted by Crippen LogP contribution is 2.33. The standard InChI is InChI=1S/C14H19NO3/c1-15-13-6-5-12(18-2)9-11(13)8-10(14(15)17)4-3-7-16/h5-6,9-10,16H,3-4,7-8H2,1-2H3. The zero-order valence-corrected chi connectivity index (χ0v) is 10.8. The summed E-state index contributed by atoms with van der Waals surface area (Å²) in [5.41, 5.74) is 2.10. The maximum Gasteiger partial charge on any atom is 0.230 e. The first kappa shape index (κ1) is 12.9. The maximum absolute atomic E-state index is 12.2. The zero-order chi connectivity index (χ0) is 13.1. The summed E-state index contributed by atoms with van der Waals surface area (Å²) < 4.78 is 5.22. The first-order valence-corrected chi connectivity index (χ1v) is 6.22. The minimum Gasteiger partial charge on any atom is -0.497 e. The van der Waals surface area contributed by atoms with Gasteiger partial charge in [-0.15, -0.1) is 0 Å². The normalized spacial score (nSPS) is 18.7. The van der Waals surface area contributed by atoms with Gasteiger partial charge >= 0.3 is 0 Å². The molecule has 1 aliphatic heterocycles. The van der Waals surface area contributed by atoms with Crippen LogP contribution in [0.1, 0.15) is 18.4 Å². The largest absolute Gasteiger partial charge is 0.497 e. The van der Waals surface area contributed by atoms with Gasteiger partial charge < -0.3 is 14.7 Å². The number of rotatable bonds is 4. The first-order valence-electron chi connectivity index (χ1n) is 6.22. The molecule has 1 heterocycles. The lowest BCUT2D eigenvalue weighted by Crippen LogP contribution is -2.38. The molecule has 4 heteroatoms. The van der Waals surface area contributed by atoms with Gasteiger partial charge in [0.05, 0.1) is 7.11 Å². The highest BCUT2D eigenvalue weighted by atomic mass is 16.5. The van der Waals surface area contributed by atoms with Crippen LogP contribution >= 0.6 is 0 Å². The average Bonchev–Trinajstić information content (AvgIpc) is 2.40. The van der Waals surface area contributed by atoms with Gasteiger partial charge in [-0.3, -0.25) is 4.79 Å². The van der Waals surface area contributed by atoms with Gasteiger partial charge in [0.2, 0.25) is 5.91 Å². The number of methoxy groups -OCH3 is 1. The van der Waals surface area contributed by atoms with Crippen molar-refractivity contribution in [3.05, 3.63) is 23.8 Å². The Bertz CT molecular complexity index is 445. The second-order valence-electron chi connectivity index (χ2n) is 4.66. The van der Waals surface area contributed by atoms with E-state index in [-0.39, 0.29) is 18.4 Å². The van der Waals surface area contributed by atoms with Crippen molar-refractivity contribution < 1.29 is 14.6 Å². The number of anilines is 1. The number of benzene rings is 1. The molecule has 0 aliphatic carbocycles. The zero-order valence-electron chi connectivity index (χ0n) is 10.8. The minimum absolute atomic E-state index is 0.0262. The molecule has 18 heavy (non-hydrogen) atoms. The van der Waals surface area contributed by atoms with Crippen LogP contribution in [0.4, 0.5) is 5.69 Å². The Hall–Kier alpha value is -1.55. The Morgan fingerprint density at radius 3 is 2.94 bits per heavy atom. The molecule has 1 aliphatic rings. The molecule has 1 aromatic carbocycles. The van der Waals surface area contributed by atoms with Crippen molar-refractivity contribution in [2.24, 2.45) is 5.92 Å². The van der Waals surface area contributed by atoms with E-state index < -0.39 is 0 Å². The molecule has 0 aromatic heterocycles. The van der Waals surface area contributed by atoms with Crippen LogP contribution in [-0.4, -0.2) is 31.8 Å². The number of hydrogen-bond donors (Lipinski definition) is 1. The summed E-state index contributed by atoms with van der Waals surface area (Å²) in [5.74, 6) is 0.931. The number of nitrogens with zero attached hydrogens (tertiary/aromatic N) is 1. The topological polar surface area (TPSA) is 49.8 Å². The SMILES string of the molecule is COc1ccc2c(c1)CC(CCCO)C(=O)N2C. The third-order valence-electron chi connectivity index (χ3n) is 3.50. The fourth-order valence-corrected chi connectivity index (χ4v) is 2.49. The van der Waals surface area contributed by atoms with Gasteiger partial charge in [-0.25, -0.2) is 0 Å². The van der Waals surface area contributed by atoms with Gasteiger partial charge in [0.1, 0.15) is 5.75 Å².